The van der Waals surface area contributed by atoms with Crippen LogP contribution in [0.3, 0.4) is 0 Å². The van der Waals surface area contributed by atoms with E-state index in [2.05, 4.69) is 9.97 Å². The number of nitrogens with zero attached hydrogens (tertiary/aromatic N) is 2. The van der Waals surface area contributed by atoms with Crippen LogP contribution < -0.4 is 0 Å². The molecule has 5 heteroatoms. The van der Waals surface area contributed by atoms with Crippen molar-refractivity contribution >= 4 is 29.1 Å². The van der Waals surface area contributed by atoms with Crippen LogP contribution in [0.4, 0.5) is 0 Å². The molecule has 0 amide bonds. The van der Waals surface area contributed by atoms with Crippen molar-refractivity contribution in [3.8, 4) is 0 Å². The number of halogens is 1. The van der Waals surface area contributed by atoms with Crippen molar-refractivity contribution in [1.82, 2.24) is 9.97 Å². The molecule has 1 saturated carbocycles. The topological polar surface area (TPSA) is 42.9 Å². The van der Waals surface area contributed by atoms with E-state index in [1.807, 2.05) is 6.26 Å². The largest absolute Gasteiger partial charge is 0.294 e. The van der Waals surface area contributed by atoms with Gasteiger partial charge in [-0.25, -0.2) is 9.97 Å². The molecular weight excluding hydrogens is 220 g/mol. The molecule has 1 aliphatic rings. The van der Waals surface area contributed by atoms with Crippen LogP contribution in [0.2, 0.25) is 5.15 Å². The van der Waals surface area contributed by atoms with E-state index in [1.165, 1.54) is 18.0 Å². The van der Waals surface area contributed by atoms with Crippen molar-refractivity contribution in [1.29, 1.82) is 0 Å². The van der Waals surface area contributed by atoms with Crippen LogP contribution in [0.15, 0.2) is 11.4 Å². The third kappa shape index (κ3) is 1.91. The van der Waals surface area contributed by atoms with Crippen molar-refractivity contribution in [2.24, 2.45) is 5.92 Å². The molecule has 0 bridgehead atoms. The summed E-state index contributed by atoms with van der Waals surface area (Å²) in [5.41, 5.74) is 0.465. The Morgan fingerprint density at radius 3 is 2.86 bits per heavy atom. The highest BCUT2D eigenvalue weighted by Gasteiger charge is 2.32. The zero-order chi connectivity index (χ0) is 10.1. The second kappa shape index (κ2) is 3.87. The number of hydrogen-bond donors (Lipinski definition) is 0. The molecular formula is C9H9ClN2OS. The Morgan fingerprint density at radius 2 is 2.36 bits per heavy atom. The van der Waals surface area contributed by atoms with Gasteiger partial charge in [0, 0.05) is 12.1 Å². The zero-order valence-corrected chi connectivity index (χ0v) is 9.23. The highest BCUT2D eigenvalue weighted by Crippen LogP contribution is 2.34. The van der Waals surface area contributed by atoms with Gasteiger partial charge in [0.2, 0.25) is 0 Å². The standard InChI is InChI=1S/C9H9ClN2OS/c1-14-9-11-4-6(8(10)12-9)7(13)5-2-3-5/h4-5H,2-3H2,1H3. The van der Waals surface area contributed by atoms with Crippen LogP contribution >= 0.6 is 23.4 Å². The Labute approximate surface area is 91.3 Å². The number of thioether (sulfide) groups is 1. The summed E-state index contributed by atoms with van der Waals surface area (Å²) in [7, 11) is 0. The maximum absolute atomic E-state index is 11.7. The third-order valence-corrected chi connectivity index (χ3v) is 2.97. The summed E-state index contributed by atoms with van der Waals surface area (Å²) in [6, 6.07) is 0. The molecule has 1 heterocycles. The fourth-order valence-electron chi connectivity index (χ4n) is 1.18. The average Bonchev–Trinajstić information content (AvgIpc) is 3.00. The fraction of sp³-hybridized carbons (Fsp3) is 0.444. The van der Waals surface area contributed by atoms with E-state index in [-0.39, 0.29) is 16.9 Å². The number of hydrogen-bond acceptors (Lipinski definition) is 4. The number of rotatable bonds is 3. The number of aromatic nitrogens is 2. The summed E-state index contributed by atoms with van der Waals surface area (Å²) >= 11 is 7.30. The van der Waals surface area contributed by atoms with Gasteiger partial charge in [-0.05, 0) is 19.1 Å². The first-order chi connectivity index (χ1) is 6.72. The van der Waals surface area contributed by atoms with Crippen molar-refractivity contribution in [2.45, 2.75) is 18.0 Å². The number of Topliss-reactive ketones (excluding diaryl/α,β-unsaturated/α-hetero) is 1. The molecule has 0 unspecified atom stereocenters. The Hall–Kier alpha value is -0.610. The van der Waals surface area contributed by atoms with E-state index in [0.29, 0.717) is 10.7 Å². The lowest BCUT2D eigenvalue weighted by atomic mass is 10.1. The first kappa shape index (κ1) is 9.93. The van der Waals surface area contributed by atoms with Crippen molar-refractivity contribution in [3.63, 3.8) is 0 Å². The van der Waals surface area contributed by atoms with Gasteiger partial charge in [0.05, 0.1) is 5.56 Å². The van der Waals surface area contributed by atoms with Gasteiger partial charge in [-0.1, -0.05) is 23.4 Å². The van der Waals surface area contributed by atoms with E-state index < -0.39 is 0 Å². The summed E-state index contributed by atoms with van der Waals surface area (Å²) in [6.45, 7) is 0. The van der Waals surface area contributed by atoms with Gasteiger partial charge >= 0.3 is 0 Å². The monoisotopic (exact) mass is 228 g/mol. The van der Waals surface area contributed by atoms with Crippen LogP contribution in [-0.2, 0) is 0 Å². The number of carbonyl (C=O) groups excluding carboxylic acids is 1. The van der Waals surface area contributed by atoms with E-state index in [4.69, 9.17) is 11.6 Å². The molecule has 0 spiro atoms. The molecule has 0 aliphatic heterocycles. The van der Waals surface area contributed by atoms with Crippen molar-refractivity contribution < 1.29 is 4.79 Å². The van der Waals surface area contributed by atoms with Crippen LogP contribution in [0.25, 0.3) is 0 Å². The van der Waals surface area contributed by atoms with E-state index in [0.717, 1.165) is 12.8 Å². The molecule has 14 heavy (non-hydrogen) atoms. The third-order valence-electron chi connectivity index (χ3n) is 2.12. The van der Waals surface area contributed by atoms with Gasteiger partial charge in [-0.15, -0.1) is 0 Å². The molecule has 2 rings (SSSR count). The molecule has 1 aliphatic carbocycles. The Morgan fingerprint density at radius 1 is 1.64 bits per heavy atom. The van der Waals surface area contributed by atoms with Gasteiger partial charge in [0.1, 0.15) is 5.15 Å². The molecule has 1 aromatic heterocycles. The summed E-state index contributed by atoms with van der Waals surface area (Å²) in [6.07, 6.45) is 5.34. The maximum Gasteiger partial charge on any atom is 0.188 e. The second-order valence-electron chi connectivity index (χ2n) is 3.20. The van der Waals surface area contributed by atoms with E-state index >= 15 is 0 Å². The molecule has 1 fully saturated rings. The van der Waals surface area contributed by atoms with E-state index in [1.54, 1.807) is 0 Å². The lowest BCUT2D eigenvalue weighted by Crippen LogP contribution is -2.04. The highest BCUT2D eigenvalue weighted by atomic mass is 35.5. The average molecular weight is 229 g/mol. The lowest BCUT2D eigenvalue weighted by molar-refractivity contribution is 0.0967. The number of carbonyl (C=O) groups is 1. The van der Waals surface area contributed by atoms with Crippen LogP contribution in [-0.4, -0.2) is 22.0 Å². The van der Waals surface area contributed by atoms with E-state index in [9.17, 15) is 4.79 Å². The normalized spacial score (nSPS) is 15.6. The molecule has 0 N–H and O–H groups in total. The van der Waals surface area contributed by atoms with Crippen molar-refractivity contribution in [2.75, 3.05) is 6.26 Å². The van der Waals surface area contributed by atoms with Crippen LogP contribution in [0, 0.1) is 5.92 Å². The SMILES string of the molecule is CSc1ncc(C(=O)C2CC2)c(Cl)n1. The van der Waals surface area contributed by atoms with Gasteiger partial charge in [-0.2, -0.15) is 0 Å². The minimum Gasteiger partial charge on any atom is -0.294 e. The van der Waals surface area contributed by atoms with Gasteiger partial charge in [-0.3, -0.25) is 4.79 Å². The van der Waals surface area contributed by atoms with Crippen molar-refractivity contribution in [3.05, 3.63) is 16.9 Å². The summed E-state index contributed by atoms with van der Waals surface area (Å²) in [4.78, 5) is 19.7. The fourth-order valence-corrected chi connectivity index (χ4v) is 1.79. The second-order valence-corrected chi connectivity index (χ2v) is 4.33. The van der Waals surface area contributed by atoms with Gasteiger partial charge in [0.25, 0.3) is 0 Å². The number of ketones is 1. The van der Waals surface area contributed by atoms with Crippen LogP contribution in [0.5, 0.6) is 0 Å². The Kier molecular flexibility index (Phi) is 2.74. The molecule has 0 radical (unpaired) electrons. The maximum atomic E-state index is 11.7. The van der Waals surface area contributed by atoms with Gasteiger partial charge in [0.15, 0.2) is 10.9 Å². The minimum absolute atomic E-state index is 0.0858. The lowest BCUT2D eigenvalue weighted by Gasteiger charge is -2.01. The molecule has 1 aromatic rings. The molecule has 3 nitrogen and oxygen atoms in total. The first-order valence-corrected chi connectivity index (χ1v) is 5.93. The molecule has 0 atom stereocenters. The first-order valence-electron chi connectivity index (χ1n) is 4.33. The highest BCUT2D eigenvalue weighted by molar-refractivity contribution is 7.98. The van der Waals surface area contributed by atoms with Gasteiger partial charge < -0.3 is 0 Å². The molecule has 0 saturated heterocycles. The Bertz CT molecular complexity index is 379. The zero-order valence-electron chi connectivity index (χ0n) is 7.66. The minimum atomic E-state index is 0.0858. The summed E-state index contributed by atoms with van der Waals surface area (Å²) < 4.78 is 0. The van der Waals surface area contributed by atoms with Crippen LogP contribution in [0.1, 0.15) is 23.2 Å². The summed E-state index contributed by atoms with van der Waals surface area (Å²) in [5.74, 6) is 0.249. The summed E-state index contributed by atoms with van der Waals surface area (Å²) in [5, 5.41) is 0.878. The predicted molar refractivity (Wildman–Crippen MR) is 55.9 cm³/mol. The Balaban J connectivity index is 2.29. The predicted octanol–water partition coefficient (Wildman–Crippen LogP) is 2.44. The quantitative estimate of drug-likeness (QED) is 0.345. The molecule has 0 aromatic carbocycles. The molecule has 74 valence electrons. The smallest absolute Gasteiger partial charge is 0.188 e.